The summed E-state index contributed by atoms with van der Waals surface area (Å²) in [5, 5.41) is 7.34. The Morgan fingerprint density at radius 1 is 1.37 bits per heavy atom. The maximum atomic E-state index is 13.5. The van der Waals surface area contributed by atoms with E-state index in [4.69, 9.17) is 25.8 Å². The second kappa shape index (κ2) is 10.4. The van der Waals surface area contributed by atoms with Crippen molar-refractivity contribution in [1.29, 1.82) is 0 Å². The second-order valence-electron chi connectivity index (χ2n) is 8.82. The van der Waals surface area contributed by atoms with Gasteiger partial charge in [0.2, 0.25) is 0 Å². The third-order valence-corrected chi connectivity index (χ3v) is 5.25. The zero-order valence-corrected chi connectivity index (χ0v) is 20.3. The first kappa shape index (κ1) is 24.6. The van der Waals surface area contributed by atoms with Gasteiger partial charge in [-0.2, -0.15) is 5.10 Å². The van der Waals surface area contributed by atoms with E-state index in [2.05, 4.69) is 27.4 Å². The number of rotatable bonds is 4. The van der Waals surface area contributed by atoms with Crippen LogP contribution in [0.4, 0.5) is 20.7 Å². The van der Waals surface area contributed by atoms with E-state index >= 15 is 0 Å². The Hall–Kier alpha value is -3.55. The summed E-state index contributed by atoms with van der Waals surface area (Å²) in [5.41, 5.74) is 1.48. The van der Waals surface area contributed by atoms with Crippen molar-refractivity contribution in [3.05, 3.63) is 53.2 Å². The van der Waals surface area contributed by atoms with Crippen LogP contribution in [-0.4, -0.2) is 57.0 Å². The third-order valence-electron chi connectivity index (χ3n) is 4.96. The molecular formula is C24H25ClFN5O4. The summed E-state index contributed by atoms with van der Waals surface area (Å²) in [7, 11) is 0. The van der Waals surface area contributed by atoms with Crippen LogP contribution in [0.1, 0.15) is 26.3 Å². The molecule has 35 heavy (non-hydrogen) atoms. The highest BCUT2D eigenvalue weighted by atomic mass is 35.5. The van der Waals surface area contributed by atoms with Gasteiger partial charge in [-0.15, -0.1) is 0 Å². The number of fused-ring (bicyclic) bond motifs is 1. The Morgan fingerprint density at radius 3 is 2.97 bits per heavy atom. The number of carbonyl (C=O) groups excluding carboxylic acids is 1. The normalized spacial score (nSPS) is 15.9. The fourth-order valence-corrected chi connectivity index (χ4v) is 3.57. The number of ether oxygens (including phenoxy) is 3. The summed E-state index contributed by atoms with van der Waals surface area (Å²) in [6, 6.07) is 6.16. The van der Waals surface area contributed by atoms with E-state index in [1.54, 1.807) is 21.7 Å². The van der Waals surface area contributed by atoms with E-state index in [-0.39, 0.29) is 11.6 Å². The number of hydrogen-bond donors (Lipinski definition) is 1. The number of amides is 1. The van der Waals surface area contributed by atoms with Crippen LogP contribution in [0, 0.1) is 17.8 Å². The Morgan fingerprint density at radius 2 is 2.20 bits per heavy atom. The average molecular weight is 502 g/mol. The molecular weight excluding hydrogens is 477 g/mol. The molecule has 3 aromatic rings. The van der Waals surface area contributed by atoms with E-state index in [1.165, 1.54) is 18.5 Å². The SMILES string of the molecule is CC(C)(C)OC(=O)N1CCOC(C#COCc2ccn3ncnc(Nc4ccc(F)c(Cl)c4)c23)C1. The Bertz CT molecular complexity index is 1280. The minimum Gasteiger partial charge on any atom is -0.444 e. The van der Waals surface area contributed by atoms with Gasteiger partial charge in [0.05, 0.1) is 18.2 Å². The third kappa shape index (κ3) is 6.32. The number of halogens is 2. The van der Waals surface area contributed by atoms with E-state index < -0.39 is 23.6 Å². The van der Waals surface area contributed by atoms with Gasteiger partial charge in [-0.25, -0.2) is 18.7 Å². The fourth-order valence-electron chi connectivity index (χ4n) is 3.39. The molecule has 184 valence electrons. The standard InChI is InChI=1S/C24H25ClFN5O4/c1-24(2,3)35-23(32)30-9-11-34-18(13-30)7-10-33-14-16-6-8-31-21(16)22(27-15-28-31)29-17-4-5-20(26)19(25)12-17/h4-6,8,12,15,18H,9,11,13-14H2,1-3H3,(H,27,28,29). The number of benzene rings is 1. The predicted octanol–water partition coefficient (Wildman–Crippen LogP) is 4.38. The van der Waals surface area contributed by atoms with Crippen molar-refractivity contribution in [2.45, 2.75) is 39.1 Å². The summed E-state index contributed by atoms with van der Waals surface area (Å²) in [6.45, 7) is 6.73. The molecule has 1 aliphatic heterocycles. The van der Waals surface area contributed by atoms with Crippen LogP contribution in [0.2, 0.25) is 5.02 Å². The van der Waals surface area contributed by atoms with Gasteiger partial charge in [-0.05, 0) is 51.0 Å². The topological polar surface area (TPSA) is 90.2 Å². The Labute approximate surface area is 207 Å². The van der Waals surface area contributed by atoms with Gasteiger partial charge < -0.3 is 24.4 Å². The summed E-state index contributed by atoms with van der Waals surface area (Å²) >= 11 is 5.88. The minimum atomic E-state index is -0.569. The largest absolute Gasteiger partial charge is 0.444 e. The highest BCUT2D eigenvalue weighted by Crippen LogP contribution is 2.26. The molecule has 1 N–H and O–H groups in total. The lowest BCUT2D eigenvalue weighted by Crippen LogP contribution is -2.47. The zero-order chi connectivity index (χ0) is 25.0. The lowest BCUT2D eigenvalue weighted by molar-refractivity contribution is -0.0239. The van der Waals surface area contributed by atoms with Crippen LogP contribution < -0.4 is 5.32 Å². The highest BCUT2D eigenvalue weighted by molar-refractivity contribution is 6.31. The maximum Gasteiger partial charge on any atom is 0.410 e. The molecule has 3 heterocycles. The summed E-state index contributed by atoms with van der Waals surface area (Å²) < 4.78 is 31.7. The van der Waals surface area contributed by atoms with Gasteiger partial charge in [-0.3, -0.25) is 0 Å². The number of anilines is 2. The summed E-state index contributed by atoms with van der Waals surface area (Å²) in [5.74, 6) is 2.90. The lowest BCUT2D eigenvalue weighted by atomic mass is 10.2. The molecule has 9 nitrogen and oxygen atoms in total. The first-order valence-electron chi connectivity index (χ1n) is 10.9. The molecule has 4 rings (SSSR count). The van der Waals surface area contributed by atoms with Crippen molar-refractivity contribution >= 4 is 34.7 Å². The van der Waals surface area contributed by atoms with Crippen molar-refractivity contribution in [3.63, 3.8) is 0 Å². The van der Waals surface area contributed by atoms with E-state index in [0.717, 1.165) is 5.56 Å². The first-order valence-corrected chi connectivity index (χ1v) is 11.3. The molecule has 0 radical (unpaired) electrons. The first-order chi connectivity index (χ1) is 16.7. The van der Waals surface area contributed by atoms with Crippen LogP contribution in [-0.2, 0) is 20.8 Å². The van der Waals surface area contributed by atoms with E-state index in [9.17, 15) is 9.18 Å². The fraction of sp³-hybridized carbons (Fsp3) is 0.375. The number of nitrogens with one attached hydrogen (secondary N) is 1. The van der Waals surface area contributed by atoms with Crippen molar-refractivity contribution in [2.24, 2.45) is 0 Å². The number of carbonyl (C=O) groups is 1. The van der Waals surface area contributed by atoms with Gasteiger partial charge in [-0.1, -0.05) is 11.6 Å². The van der Waals surface area contributed by atoms with Gasteiger partial charge in [0.15, 0.2) is 5.82 Å². The molecule has 1 fully saturated rings. The molecule has 1 atom stereocenters. The van der Waals surface area contributed by atoms with Crippen LogP contribution in [0.15, 0.2) is 36.8 Å². The maximum absolute atomic E-state index is 13.5. The van der Waals surface area contributed by atoms with Gasteiger partial charge >= 0.3 is 6.09 Å². The van der Waals surface area contributed by atoms with Gasteiger partial charge in [0.1, 0.15) is 42.1 Å². The molecule has 1 saturated heterocycles. The molecule has 0 saturated carbocycles. The van der Waals surface area contributed by atoms with Crippen molar-refractivity contribution in [2.75, 3.05) is 25.0 Å². The molecule has 0 bridgehead atoms. The number of hydrogen-bond acceptors (Lipinski definition) is 7. The molecule has 1 unspecified atom stereocenters. The van der Waals surface area contributed by atoms with Crippen LogP contribution in [0.5, 0.6) is 0 Å². The Kier molecular flexibility index (Phi) is 7.28. The van der Waals surface area contributed by atoms with Gasteiger partial charge in [0, 0.05) is 24.0 Å². The molecule has 1 aliphatic rings. The molecule has 1 aromatic carbocycles. The monoisotopic (exact) mass is 501 g/mol. The van der Waals surface area contributed by atoms with E-state index in [1.807, 2.05) is 26.8 Å². The number of morpholine rings is 1. The smallest absolute Gasteiger partial charge is 0.410 e. The molecule has 0 aliphatic carbocycles. The Balaban J connectivity index is 1.40. The second-order valence-corrected chi connectivity index (χ2v) is 9.22. The van der Waals surface area contributed by atoms with Crippen LogP contribution in [0.3, 0.4) is 0 Å². The van der Waals surface area contributed by atoms with E-state index in [0.29, 0.717) is 36.7 Å². The minimum absolute atomic E-state index is 0.00413. The summed E-state index contributed by atoms with van der Waals surface area (Å²) in [4.78, 5) is 18.2. The molecule has 1 amide bonds. The highest BCUT2D eigenvalue weighted by Gasteiger charge is 2.27. The van der Waals surface area contributed by atoms with Crippen LogP contribution in [0.25, 0.3) is 5.52 Å². The zero-order valence-electron chi connectivity index (χ0n) is 19.5. The molecule has 2 aromatic heterocycles. The summed E-state index contributed by atoms with van der Waals surface area (Å²) in [6.07, 6.45) is 4.97. The van der Waals surface area contributed by atoms with Crippen molar-refractivity contribution < 1.29 is 23.4 Å². The lowest BCUT2D eigenvalue weighted by Gasteiger charge is -2.32. The number of aromatic nitrogens is 3. The number of nitrogens with zero attached hydrogens (tertiary/aromatic N) is 4. The average Bonchev–Trinajstić information content (AvgIpc) is 3.22. The molecule has 11 heteroatoms. The van der Waals surface area contributed by atoms with Gasteiger partial charge in [0.25, 0.3) is 0 Å². The van der Waals surface area contributed by atoms with Crippen LogP contribution >= 0.6 is 11.6 Å². The van der Waals surface area contributed by atoms with Crippen molar-refractivity contribution in [1.82, 2.24) is 19.5 Å². The predicted molar refractivity (Wildman–Crippen MR) is 128 cm³/mol. The molecule has 0 spiro atoms. The van der Waals surface area contributed by atoms with Crippen molar-refractivity contribution in [3.8, 4) is 12.0 Å². The quantitative estimate of drug-likeness (QED) is 0.530.